The molecule has 0 N–H and O–H groups in total. The molecule has 1 aliphatic carbocycles. The van der Waals surface area contributed by atoms with Crippen LogP contribution in [0.1, 0.15) is 43.0 Å². The summed E-state index contributed by atoms with van der Waals surface area (Å²) < 4.78 is 0. The Kier molecular flexibility index (Phi) is 3.24. The molecule has 2 nitrogen and oxygen atoms in total. The van der Waals surface area contributed by atoms with Crippen molar-refractivity contribution >= 4 is 34.2 Å². The molecule has 0 saturated carbocycles. The van der Waals surface area contributed by atoms with Crippen LogP contribution in [0, 0.1) is 5.92 Å². The summed E-state index contributed by atoms with van der Waals surface area (Å²) in [6.07, 6.45) is 5.61. The molecule has 18 heavy (non-hydrogen) atoms. The van der Waals surface area contributed by atoms with Gasteiger partial charge in [0.05, 0.1) is 0 Å². The van der Waals surface area contributed by atoms with Crippen molar-refractivity contribution in [2.45, 2.75) is 51.0 Å². The summed E-state index contributed by atoms with van der Waals surface area (Å²) >= 11 is 7.32. The number of rotatable bonds is 2. The van der Waals surface area contributed by atoms with Crippen LogP contribution in [0.25, 0.3) is 10.2 Å². The average Bonchev–Trinajstić information content (AvgIpc) is 2.66. The van der Waals surface area contributed by atoms with Gasteiger partial charge in [-0.3, -0.25) is 4.98 Å². The van der Waals surface area contributed by atoms with Crippen molar-refractivity contribution in [3.05, 3.63) is 16.3 Å². The molecule has 0 amide bonds. The third kappa shape index (κ3) is 2.01. The van der Waals surface area contributed by atoms with Gasteiger partial charge in [-0.2, -0.15) is 0 Å². The van der Waals surface area contributed by atoms with Crippen LogP contribution in [-0.4, -0.2) is 9.97 Å². The number of aromatic nitrogens is 2. The van der Waals surface area contributed by atoms with Gasteiger partial charge in [0.2, 0.25) is 0 Å². The van der Waals surface area contributed by atoms with Gasteiger partial charge in [0.15, 0.2) is 0 Å². The molecule has 0 bridgehead atoms. The lowest BCUT2D eigenvalue weighted by atomic mass is 9.89. The molecule has 2 aromatic heterocycles. The summed E-state index contributed by atoms with van der Waals surface area (Å²) in [7, 11) is 0. The molecular formula is C14H17N2S2-. The van der Waals surface area contributed by atoms with Crippen molar-refractivity contribution in [1.82, 2.24) is 9.97 Å². The molecule has 0 aliphatic heterocycles. The number of hydrogen-bond donors (Lipinski definition) is 0. The van der Waals surface area contributed by atoms with Gasteiger partial charge in [-0.15, -0.1) is 11.3 Å². The molecule has 96 valence electrons. The van der Waals surface area contributed by atoms with Gasteiger partial charge in [-0.25, -0.2) is 4.98 Å². The number of fused-ring (bicyclic) bond motifs is 3. The van der Waals surface area contributed by atoms with Crippen molar-refractivity contribution in [1.29, 1.82) is 0 Å². The fourth-order valence-electron chi connectivity index (χ4n) is 2.69. The Hall–Kier alpha value is -0.740. The Morgan fingerprint density at radius 3 is 3.00 bits per heavy atom. The van der Waals surface area contributed by atoms with Crippen LogP contribution < -0.4 is 0 Å². The van der Waals surface area contributed by atoms with Gasteiger partial charge in [0, 0.05) is 16.7 Å². The summed E-state index contributed by atoms with van der Waals surface area (Å²) in [5.74, 6) is 1.71. The lowest BCUT2D eigenvalue weighted by molar-refractivity contribution is 0.509. The third-order valence-corrected chi connectivity index (χ3v) is 5.09. The summed E-state index contributed by atoms with van der Waals surface area (Å²) in [5.41, 5.74) is 1.45. The van der Waals surface area contributed by atoms with Crippen molar-refractivity contribution in [2.75, 3.05) is 0 Å². The number of hydrogen-bond acceptors (Lipinski definition) is 4. The minimum atomic E-state index is 0.774. The van der Waals surface area contributed by atoms with Gasteiger partial charge in [0.1, 0.15) is 10.7 Å². The van der Waals surface area contributed by atoms with E-state index >= 15 is 0 Å². The molecular weight excluding hydrogens is 260 g/mol. The standard InChI is InChI=1S/C14H18N2S2/c1-3-4-11-15-13(17)12-9-6-5-8(2)7-10(9)18-14(12)16-11/h8H,3-7H2,1-2H3,(H,15,16,17)/p-1/t8-/m1/s1. The topological polar surface area (TPSA) is 25.8 Å². The molecule has 0 radical (unpaired) electrons. The molecule has 0 fully saturated rings. The highest BCUT2D eigenvalue weighted by molar-refractivity contribution is 7.59. The van der Waals surface area contributed by atoms with Gasteiger partial charge in [-0.1, -0.05) is 18.9 Å². The van der Waals surface area contributed by atoms with E-state index in [1.807, 2.05) is 11.3 Å². The fraction of sp³-hybridized carbons (Fsp3) is 0.571. The Balaban J connectivity index is 2.16. The molecule has 0 unspecified atom stereocenters. The molecule has 3 rings (SSSR count). The zero-order valence-corrected chi connectivity index (χ0v) is 12.5. The second-order valence-electron chi connectivity index (χ2n) is 5.23. The monoisotopic (exact) mass is 277 g/mol. The fourth-order valence-corrected chi connectivity index (χ4v) is 4.48. The van der Waals surface area contributed by atoms with Gasteiger partial charge >= 0.3 is 0 Å². The van der Waals surface area contributed by atoms with Crippen LogP contribution in [-0.2, 0) is 31.9 Å². The molecule has 4 heteroatoms. The van der Waals surface area contributed by atoms with Crippen LogP contribution in [0.2, 0.25) is 0 Å². The highest BCUT2D eigenvalue weighted by atomic mass is 32.1. The highest BCUT2D eigenvalue weighted by Gasteiger charge is 2.21. The molecule has 2 aromatic rings. The summed E-state index contributed by atoms with van der Waals surface area (Å²) in [5, 5.41) is 1.95. The number of thiophene rings is 1. The van der Waals surface area contributed by atoms with E-state index in [1.54, 1.807) is 0 Å². The number of nitrogens with zero attached hydrogens (tertiary/aromatic N) is 2. The summed E-state index contributed by atoms with van der Waals surface area (Å²) in [4.78, 5) is 11.8. The van der Waals surface area contributed by atoms with Crippen molar-refractivity contribution < 1.29 is 0 Å². The maximum absolute atomic E-state index is 5.48. The predicted octanol–water partition coefficient (Wildman–Crippen LogP) is 3.67. The second-order valence-corrected chi connectivity index (χ2v) is 6.70. The van der Waals surface area contributed by atoms with Crippen LogP contribution in [0.5, 0.6) is 0 Å². The van der Waals surface area contributed by atoms with Crippen molar-refractivity contribution in [2.24, 2.45) is 5.92 Å². The smallest absolute Gasteiger partial charge is 0.128 e. The Morgan fingerprint density at radius 1 is 1.39 bits per heavy atom. The van der Waals surface area contributed by atoms with E-state index in [2.05, 4.69) is 18.8 Å². The first-order chi connectivity index (χ1) is 8.69. The van der Waals surface area contributed by atoms with Crippen LogP contribution >= 0.6 is 11.3 Å². The van der Waals surface area contributed by atoms with E-state index in [-0.39, 0.29) is 0 Å². The highest BCUT2D eigenvalue weighted by Crippen LogP contribution is 2.38. The van der Waals surface area contributed by atoms with E-state index in [4.69, 9.17) is 17.6 Å². The Labute approximate surface area is 117 Å². The molecule has 0 spiro atoms. The summed E-state index contributed by atoms with van der Waals surface area (Å²) in [6.45, 7) is 4.48. The predicted molar refractivity (Wildman–Crippen MR) is 78.2 cm³/mol. The largest absolute Gasteiger partial charge is 0.759 e. The lowest BCUT2D eigenvalue weighted by Gasteiger charge is -2.19. The normalized spacial score (nSPS) is 19.1. The maximum atomic E-state index is 5.48. The first kappa shape index (κ1) is 12.3. The molecule has 2 heterocycles. The SMILES string of the molecule is CCCc1nc([S-])c2c3c(sc2n1)C[C@H](C)CC3. The third-order valence-electron chi connectivity index (χ3n) is 3.64. The van der Waals surface area contributed by atoms with Crippen LogP contribution in [0.15, 0.2) is 5.03 Å². The van der Waals surface area contributed by atoms with E-state index < -0.39 is 0 Å². The van der Waals surface area contributed by atoms with Gasteiger partial charge in [-0.05, 0) is 37.2 Å². The van der Waals surface area contributed by atoms with E-state index in [0.717, 1.165) is 40.9 Å². The Morgan fingerprint density at radius 2 is 2.22 bits per heavy atom. The van der Waals surface area contributed by atoms with Crippen molar-refractivity contribution in [3.8, 4) is 0 Å². The number of aryl methyl sites for hydroxylation is 2. The van der Waals surface area contributed by atoms with Crippen molar-refractivity contribution in [3.63, 3.8) is 0 Å². The molecule has 1 aliphatic rings. The average molecular weight is 277 g/mol. The van der Waals surface area contributed by atoms with E-state index in [0.29, 0.717) is 0 Å². The quantitative estimate of drug-likeness (QED) is 0.618. The first-order valence-corrected chi connectivity index (χ1v) is 7.89. The maximum Gasteiger partial charge on any atom is 0.128 e. The Bertz CT molecular complexity index is 589. The van der Waals surface area contributed by atoms with Crippen LogP contribution in [0.4, 0.5) is 0 Å². The van der Waals surface area contributed by atoms with Crippen LogP contribution in [0.3, 0.4) is 0 Å². The zero-order chi connectivity index (χ0) is 12.7. The minimum Gasteiger partial charge on any atom is -0.759 e. The van der Waals surface area contributed by atoms with E-state index in [9.17, 15) is 0 Å². The summed E-state index contributed by atoms with van der Waals surface area (Å²) in [6, 6.07) is 0. The van der Waals surface area contributed by atoms with Gasteiger partial charge in [0.25, 0.3) is 0 Å². The minimum absolute atomic E-state index is 0.774. The van der Waals surface area contributed by atoms with E-state index in [1.165, 1.54) is 28.7 Å². The lowest BCUT2D eigenvalue weighted by Crippen LogP contribution is -2.08. The first-order valence-electron chi connectivity index (χ1n) is 6.67. The zero-order valence-electron chi connectivity index (χ0n) is 10.8. The van der Waals surface area contributed by atoms with Gasteiger partial charge < -0.3 is 12.6 Å². The molecule has 1 atom stereocenters. The second kappa shape index (κ2) is 4.74. The molecule has 0 aromatic carbocycles. The molecule has 0 saturated heterocycles.